The maximum absolute atomic E-state index is 12.1. The molecule has 1 amide bonds. The number of amides is 1. The Morgan fingerprint density at radius 3 is 2.44 bits per heavy atom. The average molecular weight is 429 g/mol. The number of carbonyl (C=O) groups excluding carboxylic acids is 1. The predicted octanol–water partition coefficient (Wildman–Crippen LogP) is 1.76. The smallest absolute Gasteiger partial charge is 0.335 e. The van der Waals surface area contributed by atoms with Crippen LogP contribution >= 0.6 is 15.9 Å². The normalized spacial score (nSPS) is 10.9. The second-order valence-corrected chi connectivity index (χ2v) is 6.29. The lowest BCUT2D eigenvalue weighted by Crippen LogP contribution is -2.31. The van der Waals surface area contributed by atoms with Crippen LogP contribution in [0.4, 0.5) is 0 Å². The van der Waals surface area contributed by atoms with Gasteiger partial charge < -0.3 is 5.11 Å². The maximum Gasteiger partial charge on any atom is 0.335 e. The Balaban J connectivity index is 1.93. The summed E-state index contributed by atoms with van der Waals surface area (Å²) in [6, 6.07) is 14.9. The van der Waals surface area contributed by atoms with Crippen molar-refractivity contribution in [3.63, 3.8) is 0 Å². The van der Waals surface area contributed by atoms with Crippen LogP contribution in [0.3, 0.4) is 0 Å². The molecule has 3 rings (SSSR count). The first kappa shape index (κ1) is 18.3. The van der Waals surface area contributed by atoms with Gasteiger partial charge in [0.25, 0.3) is 11.5 Å². The highest BCUT2D eigenvalue weighted by atomic mass is 79.9. The molecular formula is C18H13BrN4O4. The van der Waals surface area contributed by atoms with Crippen molar-refractivity contribution < 1.29 is 9.90 Å². The van der Waals surface area contributed by atoms with Gasteiger partial charge in [0, 0.05) is 10.0 Å². The predicted molar refractivity (Wildman–Crippen MR) is 104 cm³/mol. The van der Waals surface area contributed by atoms with Crippen LogP contribution in [0.25, 0.3) is 5.69 Å². The standard InChI is InChI=1S/C18H13BrN4O4/c19-12-6-8-13(9-7-12)23-17(26)14(16(25)21-18(23)27)10-20-22-15(24)11-4-2-1-3-5-11/h1-10,26H,(H,22,24)(H,21,25,27). The van der Waals surface area contributed by atoms with Gasteiger partial charge in [-0.3, -0.25) is 14.6 Å². The molecule has 3 N–H and O–H groups in total. The quantitative estimate of drug-likeness (QED) is 0.433. The molecule has 0 unspecified atom stereocenters. The van der Waals surface area contributed by atoms with E-state index in [1.807, 2.05) is 0 Å². The van der Waals surface area contributed by atoms with E-state index in [0.29, 0.717) is 11.3 Å². The Morgan fingerprint density at radius 2 is 1.78 bits per heavy atom. The Morgan fingerprint density at radius 1 is 1.11 bits per heavy atom. The minimum Gasteiger partial charge on any atom is -0.493 e. The van der Waals surface area contributed by atoms with Gasteiger partial charge in [0.05, 0.1) is 11.9 Å². The number of hydrogen-bond acceptors (Lipinski definition) is 5. The molecule has 9 heteroatoms. The van der Waals surface area contributed by atoms with E-state index in [4.69, 9.17) is 0 Å². The first-order valence-electron chi connectivity index (χ1n) is 7.70. The minimum absolute atomic E-state index is 0.272. The molecule has 0 aliphatic rings. The summed E-state index contributed by atoms with van der Waals surface area (Å²) in [6.45, 7) is 0. The first-order valence-corrected chi connectivity index (χ1v) is 8.49. The fraction of sp³-hybridized carbons (Fsp3) is 0. The number of aromatic amines is 1. The van der Waals surface area contributed by atoms with Gasteiger partial charge in [-0.2, -0.15) is 5.10 Å². The van der Waals surface area contributed by atoms with Crippen LogP contribution in [0, 0.1) is 0 Å². The molecule has 0 aliphatic carbocycles. The Kier molecular flexibility index (Phi) is 5.32. The summed E-state index contributed by atoms with van der Waals surface area (Å²) < 4.78 is 1.71. The molecule has 8 nitrogen and oxygen atoms in total. The highest BCUT2D eigenvalue weighted by Crippen LogP contribution is 2.17. The summed E-state index contributed by atoms with van der Waals surface area (Å²) in [6.07, 6.45) is 0.976. The minimum atomic E-state index is -0.830. The van der Waals surface area contributed by atoms with Crippen LogP contribution in [-0.2, 0) is 0 Å². The summed E-state index contributed by atoms with van der Waals surface area (Å²) in [5, 5.41) is 14.1. The molecule has 0 bridgehead atoms. The van der Waals surface area contributed by atoms with Crippen molar-refractivity contribution in [3.8, 4) is 11.6 Å². The number of rotatable bonds is 4. The molecule has 2 aromatic carbocycles. The third-order valence-electron chi connectivity index (χ3n) is 3.60. The molecule has 3 aromatic rings. The van der Waals surface area contributed by atoms with Crippen molar-refractivity contribution >= 4 is 28.1 Å². The lowest BCUT2D eigenvalue weighted by Gasteiger charge is -2.09. The van der Waals surface area contributed by atoms with Crippen LogP contribution in [0.1, 0.15) is 15.9 Å². The second kappa shape index (κ2) is 7.83. The number of carbonyl (C=O) groups is 1. The number of nitrogens with zero attached hydrogens (tertiary/aromatic N) is 2. The summed E-state index contributed by atoms with van der Waals surface area (Å²) in [7, 11) is 0. The number of nitrogens with one attached hydrogen (secondary N) is 2. The van der Waals surface area contributed by atoms with Crippen molar-refractivity contribution in [1.29, 1.82) is 0 Å². The third kappa shape index (κ3) is 4.04. The zero-order valence-electron chi connectivity index (χ0n) is 13.7. The van der Waals surface area contributed by atoms with E-state index in [9.17, 15) is 19.5 Å². The fourth-order valence-corrected chi connectivity index (χ4v) is 2.56. The van der Waals surface area contributed by atoms with Crippen molar-refractivity contribution in [2.45, 2.75) is 0 Å². The molecule has 1 aromatic heterocycles. The molecule has 0 saturated heterocycles. The van der Waals surface area contributed by atoms with Crippen molar-refractivity contribution in [2.75, 3.05) is 0 Å². The fourth-order valence-electron chi connectivity index (χ4n) is 2.29. The summed E-state index contributed by atoms with van der Waals surface area (Å²) in [5.74, 6) is -1.08. The molecule has 27 heavy (non-hydrogen) atoms. The number of aromatic nitrogens is 2. The number of aromatic hydroxyl groups is 1. The van der Waals surface area contributed by atoms with Gasteiger partial charge in [0.2, 0.25) is 5.88 Å². The van der Waals surface area contributed by atoms with Gasteiger partial charge in [-0.15, -0.1) is 0 Å². The molecule has 0 radical (unpaired) electrons. The van der Waals surface area contributed by atoms with Gasteiger partial charge >= 0.3 is 5.69 Å². The van der Waals surface area contributed by atoms with Gasteiger partial charge in [0.1, 0.15) is 5.56 Å². The van der Waals surface area contributed by atoms with Crippen molar-refractivity contribution in [2.24, 2.45) is 5.10 Å². The molecule has 0 spiro atoms. The van der Waals surface area contributed by atoms with Crippen molar-refractivity contribution in [1.82, 2.24) is 15.0 Å². The number of benzene rings is 2. The lowest BCUT2D eigenvalue weighted by atomic mass is 10.2. The average Bonchev–Trinajstić information content (AvgIpc) is 2.66. The zero-order chi connectivity index (χ0) is 19.4. The lowest BCUT2D eigenvalue weighted by molar-refractivity contribution is 0.0955. The SMILES string of the molecule is O=C(NN=Cc1c(O)n(-c2ccc(Br)cc2)c(=O)[nH]c1=O)c1ccccc1. The van der Waals surface area contributed by atoms with Crippen LogP contribution < -0.4 is 16.7 Å². The van der Waals surface area contributed by atoms with E-state index in [2.05, 4.69) is 31.4 Å². The van der Waals surface area contributed by atoms with E-state index in [1.165, 1.54) is 0 Å². The van der Waals surface area contributed by atoms with Gasteiger partial charge in [-0.25, -0.2) is 14.8 Å². The molecule has 0 aliphatic heterocycles. The third-order valence-corrected chi connectivity index (χ3v) is 4.13. The van der Waals surface area contributed by atoms with E-state index in [1.54, 1.807) is 54.6 Å². The Bertz CT molecular complexity index is 1120. The molecule has 1 heterocycles. The van der Waals surface area contributed by atoms with Crippen LogP contribution in [0.2, 0.25) is 0 Å². The second-order valence-electron chi connectivity index (χ2n) is 5.37. The van der Waals surface area contributed by atoms with Crippen LogP contribution in [0.5, 0.6) is 5.88 Å². The number of hydrogen-bond donors (Lipinski definition) is 3. The summed E-state index contributed by atoms with van der Waals surface area (Å²) >= 11 is 3.28. The van der Waals surface area contributed by atoms with E-state index in [-0.39, 0.29) is 5.56 Å². The largest absolute Gasteiger partial charge is 0.493 e. The van der Waals surface area contributed by atoms with E-state index < -0.39 is 23.0 Å². The number of halogens is 1. The molecule has 136 valence electrons. The van der Waals surface area contributed by atoms with Crippen LogP contribution in [0.15, 0.2) is 73.8 Å². The Hall–Kier alpha value is -3.46. The first-order chi connectivity index (χ1) is 13.0. The highest BCUT2D eigenvalue weighted by Gasteiger charge is 2.14. The highest BCUT2D eigenvalue weighted by molar-refractivity contribution is 9.10. The van der Waals surface area contributed by atoms with E-state index in [0.717, 1.165) is 15.3 Å². The van der Waals surface area contributed by atoms with Crippen molar-refractivity contribution in [3.05, 3.63) is 91.0 Å². The molecular weight excluding hydrogens is 416 g/mol. The van der Waals surface area contributed by atoms with Gasteiger partial charge in [0.15, 0.2) is 0 Å². The number of hydrazone groups is 1. The van der Waals surface area contributed by atoms with Crippen LogP contribution in [-0.4, -0.2) is 26.8 Å². The molecule has 0 atom stereocenters. The zero-order valence-corrected chi connectivity index (χ0v) is 15.3. The summed E-state index contributed by atoms with van der Waals surface area (Å²) in [4.78, 5) is 38.1. The molecule has 0 saturated carbocycles. The topological polar surface area (TPSA) is 117 Å². The molecule has 0 fully saturated rings. The maximum atomic E-state index is 12.1. The van der Waals surface area contributed by atoms with Gasteiger partial charge in [-0.1, -0.05) is 34.1 Å². The Labute approximate surface area is 160 Å². The monoisotopic (exact) mass is 428 g/mol. The van der Waals surface area contributed by atoms with Gasteiger partial charge in [-0.05, 0) is 36.4 Å². The number of H-pyrrole nitrogens is 1. The summed E-state index contributed by atoms with van der Waals surface area (Å²) in [5.41, 5.74) is 1.08. The van der Waals surface area contributed by atoms with E-state index >= 15 is 0 Å².